The van der Waals surface area contributed by atoms with Crippen molar-refractivity contribution in [2.24, 2.45) is 7.05 Å². The van der Waals surface area contributed by atoms with Crippen molar-refractivity contribution >= 4 is 23.5 Å². The smallest absolute Gasteiger partial charge is 0.228 e. The van der Waals surface area contributed by atoms with Gasteiger partial charge in [0, 0.05) is 31.1 Å². The van der Waals surface area contributed by atoms with E-state index in [1.54, 1.807) is 17.1 Å². The SMILES string of the molecule is CC/C=C/c1nnc2cc(-c3ccnc(Nc4ccnn4C)n3)ccn12. The molecular weight excluding hydrogens is 328 g/mol. The Kier molecular flexibility index (Phi) is 4.14. The molecule has 8 nitrogen and oxygen atoms in total. The van der Waals surface area contributed by atoms with Crippen LogP contribution in [0.2, 0.25) is 0 Å². The van der Waals surface area contributed by atoms with Crippen LogP contribution in [0.3, 0.4) is 0 Å². The van der Waals surface area contributed by atoms with E-state index in [1.165, 1.54) is 0 Å². The van der Waals surface area contributed by atoms with E-state index >= 15 is 0 Å². The predicted molar refractivity (Wildman–Crippen MR) is 99.8 cm³/mol. The standard InChI is InChI=1S/C18H18N8/c1-3-4-5-16-23-24-17-12-13(8-11-26(16)17)14-6-9-19-18(21-14)22-15-7-10-20-25(15)2/h4-12H,3H2,1-2H3,(H,19,21,22)/b5-4+. The van der Waals surface area contributed by atoms with Gasteiger partial charge in [-0.25, -0.2) is 9.97 Å². The molecule has 0 aliphatic heterocycles. The number of fused-ring (bicyclic) bond motifs is 1. The van der Waals surface area contributed by atoms with E-state index in [4.69, 9.17) is 0 Å². The summed E-state index contributed by atoms with van der Waals surface area (Å²) in [7, 11) is 1.86. The molecule has 4 rings (SSSR count). The first-order valence-corrected chi connectivity index (χ1v) is 8.34. The third kappa shape index (κ3) is 3.04. The van der Waals surface area contributed by atoms with Crippen molar-refractivity contribution in [2.45, 2.75) is 13.3 Å². The highest BCUT2D eigenvalue weighted by Gasteiger charge is 2.08. The van der Waals surface area contributed by atoms with Crippen LogP contribution < -0.4 is 5.32 Å². The summed E-state index contributed by atoms with van der Waals surface area (Å²) in [5.41, 5.74) is 2.53. The van der Waals surface area contributed by atoms with Crippen molar-refractivity contribution in [3.63, 3.8) is 0 Å². The van der Waals surface area contributed by atoms with Gasteiger partial charge in [-0.2, -0.15) is 5.10 Å². The second-order valence-electron chi connectivity index (χ2n) is 5.74. The highest BCUT2D eigenvalue weighted by molar-refractivity contribution is 5.66. The Morgan fingerprint density at radius 3 is 2.88 bits per heavy atom. The molecule has 0 aromatic carbocycles. The Morgan fingerprint density at radius 2 is 2.08 bits per heavy atom. The second kappa shape index (κ2) is 6.75. The van der Waals surface area contributed by atoms with Crippen LogP contribution in [0.1, 0.15) is 19.2 Å². The maximum Gasteiger partial charge on any atom is 0.228 e. The molecule has 0 unspecified atom stereocenters. The van der Waals surface area contributed by atoms with Gasteiger partial charge in [-0.05, 0) is 30.7 Å². The van der Waals surface area contributed by atoms with Gasteiger partial charge in [-0.1, -0.05) is 13.0 Å². The molecule has 0 fully saturated rings. The van der Waals surface area contributed by atoms with Crippen molar-refractivity contribution in [2.75, 3.05) is 5.32 Å². The molecule has 1 N–H and O–H groups in total. The van der Waals surface area contributed by atoms with Crippen molar-refractivity contribution in [1.82, 2.24) is 34.3 Å². The number of pyridine rings is 1. The van der Waals surface area contributed by atoms with E-state index in [0.717, 1.165) is 35.0 Å². The maximum atomic E-state index is 4.59. The zero-order valence-electron chi connectivity index (χ0n) is 14.5. The summed E-state index contributed by atoms with van der Waals surface area (Å²) in [6.45, 7) is 2.09. The molecule has 130 valence electrons. The van der Waals surface area contributed by atoms with Crippen molar-refractivity contribution in [1.29, 1.82) is 0 Å². The molecule has 0 atom stereocenters. The van der Waals surface area contributed by atoms with Crippen LogP contribution in [0.15, 0.2) is 48.9 Å². The van der Waals surface area contributed by atoms with E-state index in [2.05, 4.69) is 43.6 Å². The lowest BCUT2D eigenvalue weighted by molar-refractivity contribution is 0.775. The minimum Gasteiger partial charge on any atom is -0.309 e. The summed E-state index contributed by atoms with van der Waals surface area (Å²) >= 11 is 0. The molecular formula is C18H18N8. The van der Waals surface area contributed by atoms with E-state index in [1.807, 2.05) is 48.0 Å². The fourth-order valence-corrected chi connectivity index (χ4v) is 2.60. The Hall–Kier alpha value is -3.55. The van der Waals surface area contributed by atoms with Crippen LogP contribution in [0.4, 0.5) is 11.8 Å². The van der Waals surface area contributed by atoms with Gasteiger partial charge in [0.05, 0.1) is 11.9 Å². The molecule has 0 saturated heterocycles. The fraction of sp³-hybridized carbons (Fsp3) is 0.167. The first-order chi connectivity index (χ1) is 12.7. The number of nitrogens with zero attached hydrogens (tertiary/aromatic N) is 7. The number of nitrogens with one attached hydrogen (secondary N) is 1. The summed E-state index contributed by atoms with van der Waals surface area (Å²) in [4.78, 5) is 8.86. The van der Waals surface area contributed by atoms with Gasteiger partial charge in [0.25, 0.3) is 0 Å². The van der Waals surface area contributed by atoms with Gasteiger partial charge in [0.15, 0.2) is 11.5 Å². The summed E-state index contributed by atoms with van der Waals surface area (Å²) in [6.07, 6.45) is 10.4. The lowest BCUT2D eigenvalue weighted by Gasteiger charge is -2.07. The van der Waals surface area contributed by atoms with Gasteiger partial charge >= 0.3 is 0 Å². The Labute approximate surface area is 150 Å². The number of allylic oxidation sites excluding steroid dienone is 1. The molecule has 0 saturated carbocycles. The Balaban J connectivity index is 1.66. The first-order valence-electron chi connectivity index (χ1n) is 8.34. The van der Waals surface area contributed by atoms with Crippen LogP contribution in [0, 0.1) is 0 Å². The quantitative estimate of drug-likeness (QED) is 0.598. The van der Waals surface area contributed by atoms with E-state index in [9.17, 15) is 0 Å². The van der Waals surface area contributed by atoms with Crippen molar-refractivity contribution in [3.8, 4) is 11.3 Å². The normalized spacial score (nSPS) is 11.5. The monoisotopic (exact) mass is 346 g/mol. The van der Waals surface area contributed by atoms with Gasteiger partial charge in [-0.3, -0.25) is 9.08 Å². The van der Waals surface area contributed by atoms with Crippen LogP contribution in [-0.2, 0) is 7.05 Å². The van der Waals surface area contributed by atoms with E-state index in [-0.39, 0.29) is 0 Å². The summed E-state index contributed by atoms with van der Waals surface area (Å²) in [6, 6.07) is 7.69. The molecule has 0 amide bonds. The van der Waals surface area contributed by atoms with Crippen LogP contribution in [0.25, 0.3) is 23.0 Å². The number of aryl methyl sites for hydroxylation is 1. The van der Waals surface area contributed by atoms with Gasteiger partial charge < -0.3 is 5.32 Å². The Bertz CT molecular complexity index is 1080. The molecule has 4 aromatic rings. The zero-order valence-corrected chi connectivity index (χ0v) is 14.5. The third-order valence-electron chi connectivity index (χ3n) is 3.95. The molecule has 0 radical (unpaired) electrons. The largest absolute Gasteiger partial charge is 0.309 e. The first kappa shape index (κ1) is 15.9. The van der Waals surface area contributed by atoms with Gasteiger partial charge in [0.2, 0.25) is 5.95 Å². The predicted octanol–water partition coefficient (Wildman–Crippen LogP) is 3.09. The molecule has 8 heteroatoms. The Morgan fingerprint density at radius 1 is 1.15 bits per heavy atom. The van der Waals surface area contributed by atoms with Crippen molar-refractivity contribution in [3.05, 3.63) is 54.8 Å². The van der Waals surface area contributed by atoms with Gasteiger partial charge in [-0.15, -0.1) is 10.2 Å². The summed E-state index contributed by atoms with van der Waals surface area (Å²) in [5, 5.41) is 15.7. The van der Waals surface area contributed by atoms with Crippen LogP contribution in [0.5, 0.6) is 0 Å². The number of aromatic nitrogens is 7. The molecule has 0 bridgehead atoms. The van der Waals surface area contributed by atoms with Crippen molar-refractivity contribution < 1.29 is 0 Å². The molecule has 0 aliphatic rings. The molecule has 4 aromatic heterocycles. The molecule has 4 heterocycles. The average Bonchev–Trinajstić information content (AvgIpc) is 3.26. The summed E-state index contributed by atoms with van der Waals surface area (Å²) < 4.78 is 3.68. The lowest BCUT2D eigenvalue weighted by Crippen LogP contribution is -2.02. The number of anilines is 2. The zero-order chi connectivity index (χ0) is 17.9. The van der Waals surface area contributed by atoms with E-state index in [0.29, 0.717) is 5.95 Å². The average molecular weight is 346 g/mol. The molecule has 26 heavy (non-hydrogen) atoms. The number of hydrogen-bond acceptors (Lipinski definition) is 6. The minimum atomic E-state index is 0.513. The lowest BCUT2D eigenvalue weighted by atomic mass is 10.2. The molecule has 0 aliphatic carbocycles. The van der Waals surface area contributed by atoms with E-state index < -0.39 is 0 Å². The highest BCUT2D eigenvalue weighted by atomic mass is 15.3. The highest BCUT2D eigenvalue weighted by Crippen LogP contribution is 2.21. The maximum absolute atomic E-state index is 4.59. The topological polar surface area (TPSA) is 85.8 Å². The third-order valence-corrected chi connectivity index (χ3v) is 3.95. The van der Waals surface area contributed by atoms with Crippen LogP contribution in [-0.4, -0.2) is 34.3 Å². The summed E-state index contributed by atoms with van der Waals surface area (Å²) in [5.74, 6) is 2.15. The fourth-order valence-electron chi connectivity index (χ4n) is 2.60. The van der Waals surface area contributed by atoms with Crippen LogP contribution >= 0.6 is 0 Å². The minimum absolute atomic E-state index is 0.513. The molecule has 0 spiro atoms. The van der Waals surface area contributed by atoms with Gasteiger partial charge in [0.1, 0.15) is 5.82 Å². The second-order valence-corrected chi connectivity index (χ2v) is 5.74. The number of hydrogen-bond donors (Lipinski definition) is 1. The number of rotatable bonds is 5.